The second-order valence-corrected chi connectivity index (χ2v) is 8.39. The molecule has 1 saturated heterocycles. The average molecular weight is 507 g/mol. The molecule has 0 saturated carbocycles. The largest absolute Gasteiger partial charge is 0.463 e. The molecule has 3 aromatic rings. The minimum absolute atomic E-state index is 0.0717. The molecule has 0 aromatic heterocycles. The van der Waals surface area contributed by atoms with Gasteiger partial charge in [0.05, 0.1) is 23.8 Å². The van der Waals surface area contributed by atoms with Crippen LogP contribution in [0.25, 0.3) is 5.76 Å². The van der Waals surface area contributed by atoms with Crippen LogP contribution < -0.4 is 0 Å². The van der Waals surface area contributed by atoms with E-state index >= 15 is 0 Å². The number of morpholine rings is 1. The van der Waals surface area contributed by atoms with Crippen molar-refractivity contribution in [2.24, 2.45) is 0 Å². The van der Waals surface area contributed by atoms with Gasteiger partial charge in [0.2, 0.25) is 6.29 Å². The van der Waals surface area contributed by atoms with E-state index in [1.807, 2.05) is 60.7 Å². The first-order valence-corrected chi connectivity index (χ1v) is 11.1. The number of alkyl halides is 6. The van der Waals surface area contributed by atoms with E-state index in [-0.39, 0.29) is 18.4 Å². The van der Waals surface area contributed by atoms with Gasteiger partial charge < -0.3 is 9.47 Å². The van der Waals surface area contributed by atoms with Gasteiger partial charge in [0.25, 0.3) is 0 Å². The zero-order chi connectivity index (χ0) is 25.9. The molecule has 0 aliphatic carbocycles. The molecule has 0 amide bonds. The molecule has 4 rings (SSSR count). The summed E-state index contributed by atoms with van der Waals surface area (Å²) in [5.74, 6) is -0.348. The summed E-state index contributed by atoms with van der Waals surface area (Å²) in [7, 11) is 0. The highest BCUT2D eigenvalue weighted by molar-refractivity contribution is 5.60. The molecule has 3 nitrogen and oxygen atoms in total. The molecule has 2 atom stereocenters. The molecule has 1 aliphatic rings. The Morgan fingerprint density at radius 2 is 1.42 bits per heavy atom. The van der Waals surface area contributed by atoms with Gasteiger partial charge in [0, 0.05) is 18.7 Å². The first-order chi connectivity index (χ1) is 17.0. The zero-order valence-corrected chi connectivity index (χ0v) is 19.0. The molecule has 1 fully saturated rings. The molecule has 0 N–H and O–H groups in total. The molecule has 2 unspecified atom stereocenters. The number of ether oxygens (including phenoxy) is 2. The van der Waals surface area contributed by atoms with Gasteiger partial charge in [-0.1, -0.05) is 67.2 Å². The summed E-state index contributed by atoms with van der Waals surface area (Å²) in [5, 5.41) is 0. The fourth-order valence-corrected chi connectivity index (χ4v) is 4.12. The van der Waals surface area contributed by atoms with Crippen molar-refractivity contribution >= 4 is 5.76 Å². The number of hydrogen-bond acceptors (Lipinski definition) is 3. The summed E-state index contributed by atoms with van der Waals surface area (Å²) in [5.41, 5.74) is -1.44. The highest BCUT2D eigenvalue weighted by atomic mass is 19.4. The van der Waals surface area contributed by atoms with E-state index in [2.05, 4.69) is 11.5 Å². The van der Waals surface area contributed by atoms with Crippen molar-refractivity contribution in [3.63, 3.8) is 0 Å². The van der Waals surface area contributed by atoms with Gasteiger partial charge in [-0.3, -0.25) is 4.90 Å². The van der Waals surface area contributed by atoms with Crippen LogP contribution in [0, 0.1) is 0 Å². The number of hydrogen-bond donors (Lipinski definition) is 0. The third kappa shape index (κ3) is 6.09. The monoisotopic (exact) mass is 507 g/mol. The highest BCUT2D eigenvalue weighted by Gasteiger charge is 2.39. The Labute approximate surface area is 204 Å². The van der Waals surface area contributed by atoms with Crippen LogP contribution in [0.2, 0.25) is 0 Å². The minimum atomic E-state index is -4.98. The topological polar surface area (TPSA) is 21.7 Å². The van der Waals surface area contributed by atoms with E-state index in [9.17, 15) is 26.3 Å². The van der Waals surface area contributed by atoms with E-state index in [1.54, 1.807) is 0 Å². The maximum absolute atomic E-state index is 13.3. The van der Waals surface area contributed by atoms with Crippen LogP contribution in [-0.4, -0.2) is 24.3 Å². The highest BCUT2D eigenvalue weighted by Crippen LogP contribution is 2.39. The first-order valence-electron chi connectivity index (χ1n) is 11.1. The summed E-state index contributed by atoms with van der Waals surface area (Å²) in [4.78, 5) is 2.10. The molecule has 1 aliphatic heterocycles. The molecule has 0 spiro atoms. The smallest absolute Gasteiger partial charge is 0.416 e. The summed E-state index contributed by atoms with van der Waals surface area (Å²) in [6.45, 7) is 4.99. The summed E-state index contributed by atoms with van der Waals surface area (Å²) in [6, 6.07) is 19.7. The second kappa shape index (κ2) is 10.4. The molecule has 1 heterocycles. The van der Waals surface area contributed by atoms with Gasteiger partial charge >= 0.3 is 12.4 Å². The molecule has 3 aromatic carbocycles. The SMILES string of the molecule is C=C(OC1OCCN(Cc2ccccc2)C1c1ccccc1)c1cc(C(F)(F)F)cc(C(F)(F)F)c1. The van der Waals surface area contributed by atoms with E-state index < -0.39 is 41.4 Å². The Morgan fingerprint density at radius 3 is 1.97 bits per heavy atom. The lowest BCUT2D eigenvalue weighted by Gasteiger charge is -2.41. The fraction of sp³-hybridized carbons (Fsp3) is 0.259. The van der Waals surface area contributed by atoms with Crippen LogP contribution in [0.3, 0.4) is 0 Å². The van der Waals surface area contributed by atoms with Crippen molar-refractivity contribution in [1.82, 2.24) is 4.90 Å². The third-order valence-electron chi connectivity index (χ3n) is 5.85. The van der Waals surface area contributed by atoms with Gasteiger partial charge in [-0.25, -0.2) is 0 Å². The Morgan fingerprint density at radius 1 is 0.861 bits per heavy atom. The minimum Gasteiger partial charge on any atom is -0.463 e. The van der Waals surface area contributed by atoms with Gasteiger partial charge in [0.1, 0.15) is 5.76 Å². The lowest BCUT2D eigenvalue weighted by atomic mass is 10.0. The normalized spacial score (nSPS) is 19.2. The molecule has 190 valence electrons. The third-order valence-corrected chi connectivity index (χ3v) is 5.85. The average Bonchev–Trinajstić information content (AvgIpc) is 2.84. The van der Waals surface area contributed by atoms with E-state index in [0.29, 0.717) is 25.2 Å². The molecule has 0 radical (unpaired) electrons. The Balaban J connectivity index is 1.65. The van der Waals surface area contributed by atoms with Crippen molar-refractivity contribution in [2.45, 2.75) is 31.2 Å². The Kier molecular flexibility index (Phi) is 7.42. The lowest BCUT2D eigenvalue weighted by molar-refractivity contribution is -0.181. The van der Waals surface area contributed by atoms with Gasteiger partial charge in [-0.05, 0) is 29.3 Å². The number of nitrogens with zero attached hydrogens (tertiary/aromatic N) is 1. The molecule has 0 bridgehead atoms. The fourth-order valence-electron chi connectivity index (χ4n) is 4.12. The van der Waals surface area contributed by atoms with Crippen LogP contribution >= 0.6 is 0 Å². The summed E-state index contributed by atoms with van der Waals surface area (Å²) in [6.07, 6.45) is -11.0. The molecule has 9 heteroatoms. The maximum Gasteiger partial charge on any atom is 0.416 e. The summed E-state index contributed by atoms with van der Waals surface area (Å²) >= 11 is 0. The van der Waals surface area contributed by atoms with Gasteiger partial charge in [-0.2, -0.15) is 26.3 Å². The second-order valence-electron chi connectivity index (χ2n) is 8.39. The quantitative estimate of drug-likeness (QED) is 0.258. The van der Waals surface area contributed by atoms with Gasteiger partial charge in [0.15, 0.2) is 0 Å². The van der Waals surface area contributed by atoms with Crippen LogP contribution in [0.15, 0.2) is 85.4 Å². The predicted octanol–water partition coefficient (Wildman–Crippen LogP) is 7.31. The van der Waals surface area contributed by atoms with Crippen LogP contribution in [-0.2, 0) is 28.4 Å². The van der Waals surface area contributed by atoms with Crippen molar-refractivity contribution in [3.8, 4) is 0 Å². The van der Waals surface area contributed by atoms with Crippen LogP contribution in [0.4, 0.5) is 26.3 Å². The number of benzene rings is 3. The van der Waals surface area contributed by atoms with Crippen LogP contribution in [0.5, 0.6) is 0 Å². The summed E-state index contributed by atoms with van der Waals surface area (Å²) < 4.78 is 91.7. The molecular weight excluding hydrogens is 484 g/mol. The van der Waals surface area contributed by atoms with E-state index in [4.69, 9.17) is 9.47 Å². The predicted molar refractivity (Wildman–Crippen MR) is 122 cm³/mol. The number of halogens is 6. The van der Waals surface area contributed by atoms with E-state index in [0.717, 1.165) is 11.1 Å². The van der Waals surface area contributed by atoms with Crippen LogP contribution in [0.1, 0.15) is 33.9 Å². The maximum atomic E-state index is 13.3. The van der Waals surface area contributed by atoms with Gasteiger partial charge in [-0.15, -0.1) is 0 Å². The lowest BCUT2D eigenvalue weighted by Crippen LogP contribution is -2.45. The van der Waals surface area contributed by atoms with Crippen molar-refractivity contribution in [3.05, 3.63) is 113 Å². The van der Waals surface area contributed by atoms with Crippen molar-refractivity contribution < 1.29 is 35.8 Å². The van der Waals surface area contributed by atoms with Crippen molar-refractivity contribution in [2.75, 3.05) is 13.2 Å². The first kappa shape index (κ1) is 25.8. The Bertz CT molecular complexity index is 1150. The Hall–Kier alpha value is -3.30. The van der Waals surface area contributed by atoms with E-state index in [1.165, 1.54) is 0 Å². The van der Waals surface area contributed by atoms with Crippen molar-refractivity contribution in [1.29, 1.82) is 0 Å². The number of rotatable bonds is 6. The standard InChI is InChI=1S/C27H23F6NO2/c1-18(21-14-22(26(28,29)30)16-23(15-21)27(31,32)33)36-25-24(20-10-6-3-7-11-20)34(12-13-35-25)17-19-8-4-2-5-9-19/h2-11,14-16,24-25H,1,12-13,17H2. The molecular formula is C27H23F6NO2. The zero-order valence-electron chi connectivity index (χ0n) is 19.0. The molecule has 36 heavy (non-hydrogen) atoms.